The lowest BCUT2D eigenvalue weighted by molar-refractivity contribution is -0.143. The molecule has 1 fully saturated rings. The number of ether oxygens (including phenoxy) is 2. The van der Waals surface area contributed by atoms with Crippen LogP contribution >= 0.6 is 0 Å². The second-order valence-corrected chi connectivity index (χ2v) is 21.0. The fraction of sp³-hybridized carbons (Fsp3) is 0.339. The summed E-state index contributed by atoms with van der Waals surface area (Å²) in [6, 6.07) is 24.7. The number of hydrogen-bond acceptors (Lipinski definition) is 16. The molecule has 24 heteroatoms. The number of unbranched alkanes of at least 4 members (excludes halogenated alkanes) is 1. The molecule has 6 atom stereocenters. The van der Waals surface area contributed by atoms with Gasteiger partial charge < -0.3 is 79.4 Å². The van der Waals surface area contributed by atoms with Gasteiger partial charge in [0.25, 0.3) is 17.7 Å². The van der Waals surface area contributed by atoms with Gasteiger partial charge in [0.05, 0.1) is 5.56 Å². The third-order valence-electron chi connectivity index (χ3n) is 14.8. The van der Waals surface area contributed by atoms with E-state index in [9.17, 15) is 53.4 Å². The maximum Gasteiger partial charge on any atom is 0.340 e. The van der Waals surface area contributed by atoms with Crippen molar-refractivity contribution in [3.63, 3.8) is 0 Å². The number of carbonyl (C=O) groups excluding carboxylic acids is 9. The monoisotopic (exact) mass is 1140 g/mol. The third-order valence-corrected chi connectivity index (χ3v) is 14.8. The molecule has 0 aromatic heterocycles. The summed E-state index contributed by atoms with van der Waals surface area (Å²) in [5.74, 6) is -8.04. The van der Waals surface area contributed by atoms with Gasteiger partial charge in [-0.05, 0) is 92.5 Å². The van der Waals surface area contributed by atoms with Crippen LogP contribution in [-0.2, 0) is 43.9 Å². The summed E-state index contributed by atoms with van der Waals surface area (Å²) in [7, 11) is 0. The highest BCUT2D eigenvalue weighted by Gasteiger charge is 2.54. The van der Waals surface area contributed by atoms with E-state index >= 15 is 0 Å². The average molecular weight is 1140 g/mol. The van der Waals surface area contributed by atoms with Crippen LogP contribution in [0.15, 0.2) is 115 Å². The number of carbonyl (C=O) groups is 9. The number of likely N-dealkylation sites (tertiary alicyclic amines) is 1. The molecular formula is C59H67N11O13. The number of nitrogens with one attached hydrogen (secondary N) is 6. The highest BCUT2D eigenvalue weighted by Crippen LogP contribution is 2.57. The van der Waals surface area contributed by atoms with Gasteiger partial charge >= 0.3 is 5.97 Å². The molecule has 0 bridgehead atoms. The number of nitrogens with zero attached hydrogens (tertiary/aromatic N) is 1. The largest absolute Gasteiger partial charge is 0.508 e. The Hall–Kier alpha value is -9.39. The van der Waals surface area contributed by atoms with E-state index in [1.807, 2.05) is 0 Å². The third kappa shape index (κ3) is 13.0. The van der Waals surface area contributed by atoms with Gasteiger partial charge in [-0.1, -0.05) is 80.6 Å². The minimum absolute atomic E-state index is 0.0612. The summed E-state index contributed by atoms with van der Waals surface area (Å²) < 4.78 is 12.1. The molecule has 5 aromatic carbocycles. The van der Waals surface area contributed by atoms with Crippen molar-refractivity contribution in [1.29, 1.82) is 0 Å². The Kier molecular flexibility index (Phi) is 18.4. The number of benzene rings is 5. The van der Waals surface area contributed by atoms with Crippen LogP contribution in [0.4, 0.5) is 0 Å². The minimum atomic E-state index is -1.83. The van der Waals surface area contributed by atoms with E-state index in [4.69, 9.17) is 32.4 Å². The molecule has 8 amide bonds. The lowest BCUT2D eigenvalue weighted by atomic mass is 9.77. The fourth-order valence-electron chi connectivity index (χ4n) is 10.5. The first-order valence-electron chi connectivity index (χ1n) is 27.1. The summed E-state index contributed by atoms with van der Waals surface area (Å²) in [5, 5.41) is 36.3. The first-order chi connectivity index (χ1) is 39.6. The SMILES string of the molecule is CC(C)[C@H](NC(=O)C(N)N)C(=O)N1CCC[C@H]1C(=O)N[C@H](C(=O)N[C@@H](N)C(=O)N[C@@H](CCCCNC(=O)c1ccc2c(c1)C(=O)OC21c2ccc(O)cc2Oc2cc(O)ccc21)C(=O)N[C@@H](C)C(N)=O)C(c1ccccc1)c1ccccc1. The number of esters is 1. The van der Waals surface area contributed by atoms with E-state index in [-0.39, 0.29) is 72.9 Å². The fourth-order valence-corrected chi connectivity index (χ4v) is 10.5. The maximum atomic E-state index is 14.7. The predicted octanol–water partition coefficient (Wildman–Crippen LogP) is 1.13. The number of aromatic hydroxyl groups is 2. The number of phenolic OH excluding ortho intramolecular Hbond substituents is 2. The van der Waals surface area contributed by atoms with Crippen molar-refractivity contribution in [2.75, 3.05) is 13.1 Å². The molecular weight excluding hydrogens is 1070 g/mol. The van der Waals surface area contributed by atoms with Crippen molar-refractivity contribution in [2.24, 2.45) is 28.9 Å². The number of phenols is 2. The van der Waals surface area contributed by atoms with Crippen LogP contribution < -0.4 is 59.6 Å². The van der Waals surface area contributed by atoms with Crippen molar-refractivity contribution in [1.82, 2.24) is 36.8 Å². The smallest absolute Gasteiger partial charge is 0.340 e. The van der Waals surface area contributed by atoms with Gasteiger partial charge in [-0.25, -0.2) is 4.79 Å². The molecule has 1 saturated heterocycles. The number of amides is 8. The van der Waals surface area contributed by atoms with Gasteiger partial charge in [-0.3, -0.25) is 38.4 Å². The first kappa shape index (κ1) is 59.7. The lowest BCUT2D eigenvalue weighted by Gasteiger charge is -2.36. The van der Waals surface area contributed by atoms with Crippen LogP contribution in [0.25, 0.3) is 0 Å². The van der Waals surface area contributed by atoms with Crippen molar-refractivity contribution in [3.8, 4) is 23.0 Å². The summed E-state index contributed by atoms with van der Waals surface area (Å²) in [5.41, 5.74) is 24.1. The van der Waals surface area contributed by atoms with Gasteiger partial charge in [0.1, 0.15) is 59.4 Å². The van der Waals surface area contributed by atoms with Gasteiger partial charge in [-0.15, -0.1) is 0 Å². The molecule has 3 aliphatic heterocycles. The molecule has 8 rings (SSSR count). The molecule has 0 unspecified atom stereocenters. The van der Waals surface area contributed by atoms with Crippen LogP contribution in [0.3, 0.4) is 0 Å². The highest BCUT2D eigenvalue weighted by atomic mass is 16.6. The number of nitrogens with two attached hydrogens (primary N) is 4. The van der Waals surface area contributed by atoms with Crippen LogP contribution in [0.1, 0.15) is 107 Å². The molecule has 3 heterocycles. The molecule has 436 valence electrons. The molecule has 83 heavy (non-hydrogen) atoms. The molecule has 16 N–H and O–H groups in total. The Labute approximate surface area is 477 Å². The average Bonchev–Trinajstić information content (AvgIpc) is 3.94. The van der Waals surface area contributed by atoms with Gasteiger partial charge in [0.2, 0.25) is 29.5 Å². The van der Waals surface area contributed by atoms with Crippen LogP contribution in [-0.4, -0.2) is 124 Å². The van der Waals surface area contributed by atoms with E-state index in [0.717, 1.165) is 0 Å². The molecule has 0 saturated carbocycles. The van der Waals surface area contributed by atoms with E-state index in [1.165, 1.54) is 48.2 Å². The van der Waals surface area contributed by atoms with Gasteiger partial charge in [-0.2, -0.15) is 0 Å². The molecule has 24 nitrogen and oxygen atoms in total. The first-order valence-corrected chi connectivity index (χ1v) is 27.1. The second-order valence-electron chi connectivity index (χ2n) is 21.0. The van der Waals surface area contributed by atoms with Crippen molar-refractivity contribution in [3.05, 3.63) is 154 Å². The van der Waals surface area contributed by atoms with Gasteiger partial charge in [0, 0.05) is 53.4 Å². The Morgan fingerprint density at radius 2 is 1.28 bits per heavy atom. The van der Waals surface area contributed by atoms with E-state index in [1.54, 1.807) is 92.7 Å². The zero-order valence-electron chi connectivity index (χ0n) is 45.8. The zero-order chi connectivity index (χ0) is 59.9. The van der Waals surface area contributed by atoms with Crippen LogP contribution in [0.5, 0.6) is 23.0 Å². The molecule has 0 radical (unpaired) electrons. The number of fused-ring (bicyclic) bond motifs is 6. The Morgan fingerprint density at radius 3 is 1.86 bits per heavy atom. The Morgan fingerprint density at radius 1 is 0.675 bits per heavy atom. The number of primary amides is 1. The molecule has 0 aliphatic carbocycles. The molecule has 3 aliphatic rings. The normalized spacial score (nSPS) is 16.4. The predicted molar refractivity (Wildman–Crippen MR) is 299 cm³/mol. The van der Waals surface area contributed by atoms with E-state index < -0.39 is 113 Å². The second kappa shape index (κ2) is 25.6. The maximum absolute atomic E-state index is 14.7. The topological polar surface area (TPSA) is 392 Å². The van der Waals surface area contributed by atoms with Gasteiger partial charge in [0.15, 0.2) is 11.8 Å². The summed E-state index contributed by atoms with van der Waals surface area (Å²) in [6.45, 7) is 5.00. The van der Waals surface area contributed by atoms with Crippen molar-refractivity contribution >= 4 is 53.2 Å². The highest BCUT2D eigenvalue weighted by molar-refractivity contribution is 6.02. The zero-order valence-corrected chi connectivity index (χ0v) is 45.8. The Bertz CT molecular complexity index is 3220. The minimum Gasteiger partial charge on any atom is -0.508 e. The van der Waals surface area contributed by atoms with Crippen LogP contribution in [0.2, 0.25) is 0 Å². The summed E-state index contributed by atoms with van der Waals surface area (Å²) >= 11 is 0. The van der Waals surface area contributed by atoms with Crippen LogP contribution in [0, 0.1) is 5.92 Å². The van der Waals surface area contributed by atoms with Crippen molar-refractivity contribution in [2.45, 2.75) is 107 Å². The molecule has 5 aromatic rings. The molecule has 1 spiro atoms. The quantitative estimate of drug-likeness (QED) is 0.0263. The summed E-state index contributed by atoms with van der Waals surface area (Å²) in [4.78, 5) is 124. The lowest BCUT2D eigenvalue weighted by Crippen LogP contribution is -2.62. The van der Waals surface area contributed by atoms with E-state index in [0.29, 0.717) is 34.2 Å². The number of hydrogen-bond donors (Lipinski definition) is 12. The summed E-state index contributed by atoms with van der Waals surface area (Å²) in [6.07, 6.45) is -2.20. The Balaban J connectivity index is 0.951. The number of rotatable bonds is 22. The van der Waals surface area contributed by atoms with E-state index in [2.05, 4.69) is 31.9 Å². The standard InChI is InChI=1S/C59H67N11O13/c1-30(2)46(67-55(78)48(60)61)57(80)70-26-12-18-42(70)53(76)68-47(45(32-13-6-4-7-14-32)33-15-8-5-9-16-33)54(77)69-49(62)56(79)66-41(52(75)65-31(3)50(63)73)17-10-11-25-64-51(74)34-19-22-38-37(27-34)58(81)83-59(38)39-23-20-35(71)28-43(39)82-44-29-36(72)21-24-40(44)59/h4-9,13-16,19-24,27-31,41-42,45-49,71-72H,10-12,17-18,25-26,60-62H2,1-3H3,(H2,63,73)(H,64,74)(H,65,75)(H,66,79)(H,67,78)(H,68,76)(H,69,77)/t31-,41-,42-,46-,47-,49+/m0/s1. The van der Waals surface area contributed by atoms with Crippen molar-refractivity contribution < 1.29 is 62.8 Å².